The fraction of sp³-hybridized carbons (Fsp3) is 0.385. The fourth-order valence-electron chi connectivity index (χ4n) is 1.53. The molecule has 0 radical (unpaired) electrons. The molecule has 22 heavy (non-hydrogen) atoms. The highest BCUT2D eigenvalue weighted by Gasteiger charge is 2.26. The van der Waals surface area contributed by atoms with Crippen LogP contribution in [0.4, 0.5) is 18.9 Å². The summed E-state index contributed by atoms with van der Waals surface area (Å²) in [6.07, 6.45) is -5.54. The molecular formula is C13H15ClF3N3O2. The van der Waals surface area contributed by atoms with E-state index in [1.807, 2.05) is 0 Å². The Bertz CT molecular complexity index is 550. The second-order valence-electron chi connectivity index (χ2n) is 4.46. The van der Waals surface area contributed by atoms with Crippen LogP contribution in [0, 0.1) is 0 Å². The predicted molar refractivity (Wildman–Crippen MR) is 76.5 cm³/mol. The monoisotopic (exact) mass is 337 g/mol. The number of nitrogen functional groups attached to an aromatic ring is 1. The molecule has 0 fully saturated rings. The van der Waals surface area contributed by atoms with Gasteiger partial charge in [0.15, 0.2) is 0 Å². The second-order valence-corrected chi connectivity index (χ2v) is 4.87. The molecule has 0 heterocycles. The number of carbonyl (C=O) groups excluding carboxylic acids is 2. The standard InChI is InChI=1S/C13H15ClF3N3O2/c14-10-2-1-8(18)7-9(10)12(22)20-5-3-11(21)19-6-4-13(15,16)17/h1-2,7H,3-6,18H2,(H,19,21)(H,20,22). The van der Waals surface area contributed by atoms with Crippen molar-refractivity contribution < 1.29 is 22.8 Å². The number of anilines is 1. The number of hydrogen-bond acceptors (Lipinski definition) is 3. The maximum Gasteiger partial charge on any atom is 0.390 e. The first-order chi connectivity index (χ1) is 10.2. The van der Waals surface area contributed by atoms with Gasteiger partial charge in [-0.3, -0.25) is 9.59 Å². The van der Waals surface area contributed by atoms with Crippen molar-refractivity contribution in [1.29, 1.82) is 0 Å². The van der Waals surface area contributed by atoms with Crippen molar-refractivity contribution >= 4 is 29.1 Å². The van der Waals surface area contributed by atoms with Crippen LogP contribution in [0.1, 0.15) is 23.2 Å². The molecule has 0 aliphatic carbocycles. The average molecular weight is 338 g/mol. The van der Waals surface area contributed by atoms with Crippen LogP contribution in [-0.2, 0) is 4.79 Å². The van der Waals surface area contributed by atoms with E-state index in [9.17, 15) is 22.8 Å². The minimum atomic E-state index is -4.31. The SMILES string of the molecule is Nc1ccc(Cl)c(C(=O)NCCC(=O)NCCC(F)(F)F)c1. The molecule has 122 valence electrons. The zero-order valence-corrected chi connectivity index (χ0v) is 12.2. The van der Waals surface area contributed by atoms with E-state index in [1.54, 1.807) is 0 Å². The highest BCUT2D eigenvalue weighted by atomic mass is 35.5. The van der Waals surface area contributed by atoms with Gasteiger partial charge in [0, 0.05) is 25.2 Å². The molecule has 0 unspecified atom stereocenters. The lowest BCUT2D eigenvalue weighted by molar-refractivity contribution is -0.135. The van der Waals surface area contributed by atoms with Gasteiger partial charge in [0.1, 0.15) is 0 Å². The molecule has 1 aromatic rings. The topological polar surface area (TPSA) is 84.2 Å². The Morgan fingerprint density at radius 2 is 1.86 bits per heavy atom. The molecule has 0 bridgehead atoms. The van der Waals surface area contributed by atoms with Crippen LogP contribution in [0.5, 0.6) is 0 Å². The van der Waals surface area contributed by atoms with E-state index in [1.165, 1.54) is 18.2 Å². The Balaban J connectivity index is 2.33. The van der Waals surface area contributed by atoms with Crippen molar-refractivity contribution in [3.63, 3.8) is 0 Å². The number of halogens is 4. The van der Waals surface area contributed by atoms with Gasteiger partial charge in [-0.25, -0.2) is 0 Å². The molecule has 0 aliphatic rings. The van der Waals surface area contributed by atoms with E-state index in [2.05, 4.69) is 10.6 Å². The number of benzene rings is 1. The van der Waals surface area contributed by atoms with E-state index < -0.39 is 31.0 Å². The predicted octanol–water partition coefficient (Wildman–Crippen LogP) is 2.11. The van der Waals surface area contributed by atoms with Crippen LogP contribution in [-0.4, -0.2) is 31.1 Å². The summed E-state index contributed by atoms with van der Waals surface area (Å²) in [5.41, 5.74) is 6.06. The molecule has 5 nitrogen and oxygen atoms in total. The zero-order valence-electron chi connectivity index (χ0n) is 11.5. The Kier molecular flexibility index (Phi) is 6.48. The van der Waals surface area contributed by atoms with Gasteiger partial charge in [0.05, 0.1) is 17.0 Å². The molecule has 1 aromatic carbocycles. The zero-order chi connectivity index (χ0) is 16.8. The lowest BCUT2D eigenvalue weighted by Gasteiger charge is -2.09. The van der Waals surface area contributed by atoms with Crippen LogP contribution in [0.2, 0.25) is 5.02 Å². The lowest BCUT2D eigenvalue weighted by atomic mass is 10.2. The Labute approximate surface area is 130 Å². The summed E-state index contributed by atoms with van der Waals surface area (Å²) in [7, 11) is 0. The third-order valence-electron chi connectivity index (χ3n) is 2.60. The number of rotatable bonds is 6. The molecule has 4 N–H and O–H groups in total. The highest BCUT2D eigenvalue weighted by Crippen LogP contribution is 2.19. The maximum atomic E-state index is 11.9. The molecule has 0 spiro atoms. The summed E-state index contributed by atoms with van der Waals surface area (Å²) < 4.78 is 35.7. The normalized spacial score (nSPS) is 11.1. The average Bonchev–Trinajstić information content (AvgIpc) is 2.40. The summed E-state index contributed by atoms with van der Waals surface area (Å²) >= 11 is 5.84. The van der Waals surface area contributed by atoms with Gasteiger partial charge >= 0.3 is 6.18 Å². The number of hydrogen-bond donors (Lipinski definition) is 3. The molecule has 0 aromatic heterocycles. The third kappa shape index (κ3) is 6.66. The number of amides is 2. The van der Waals surface area contributed by atoms with E-state index in [4.69, 9.17) is 17.3 Å². The van der Waals surface area contributed by atoms with Crippen molar-refractivity contribution in [3.8, 4) is 0 Å². The summed E-state index contributed by atoms with van der Waals surface area (Å²) in [5.74, 6) is -1.09. The third-order valence-corrected chi connectivity index (χ3v) is 2.93. The first-order valence-corrected chi connectivity index (χ1v) is 6.73. The van der Waals surface area contributed by atoms with Crippen molar-refractivity contribution in [2.75, 3.05) is 18.8 Å². The first-order valence-electron chi connectivity index (χ1n) is 6.36. The summed E-state index contributed by atoms with van der Waals surface area (Å²) in [4.78, 5) is 23.1. The van der Waals surface area contributed by atoms with Gasteiger partial charge in [0.25, 0.3) is 5.91 Å². The minimum absolute atomic E-state index is 0.0260. The molecule has 2 amide bonds. The Morgan fingerprint density at radius 1 is 1.18 bits per heavy atom. The lowest BCUT2D eigenvalue weighted by Crippen LogP contribution is -2.32. The number of carbonyl (C=O) groups is 2. The number of nitrogens with two attached hydrogens (primary N) is 1. The second kappa shape index (κ2) is 7.88. The van der Waals surface area contributed by atoms with Crippen molar-refractivity contribution in [1.82, 2.24) is 10.6 Å². The van der Waals surface area contributed by atoms with E-state index in [-0.39, 0.29) is 23.6 Å². The van der Waals surface area contributed by atoms with Crippen LogP contribution in [0.15, 0.2) is 18.2 Å². The summed E-state index contributed by atoms with van der Waals surface area (Å²) in [6.45, 7) is -0.515. The largest absolute Gasteiger partial charge is 0.399 e. The van der Waals surface area contributed by atoms with E-state index >= 15 is 0 Å². The first kappa shape index (κ1) is 18.1. The smallest absolute Gasteiger partial charge is 0.390 e. The van der Waals surface area contributed by atoms with Crippen LogP contribution in [0.25, 0.3) is 0 Å². The van der Waals surface area contributed by atoms with Crippen molar-refractivity contribution in [2.45, 2.75) is 19.0 Å². The van der Waals surface area contributed by atoms with Gasteiger partial charge in [-0.2, -0.15) is 13.2 Å². The molecule has 0 aliphatic heterocycles. The van der Waals surface area contributed by atoms with Crippen LogP contribution in [0.3, 0.4) is 0 Å². The van der Waals surface area contributed by atoms with Gasteiger partial charge in [0.2, 0.25) is 5.91 Å². The minimum Gasteiger partial charge on any atom is -0.399 e. The van der Waals surface area contributed by atoms with Crippen LogP contribution < -0.4 is 16.4 Å². The Morgan fingerprint density at radius 3 is 2.50 bits per heavy atom. The van der Waals surface area contributed by atoms with Crippen molar-refractivity contribution in [3.05, 3.63) is 28.8 Å². The van der Waals surface area contributed by atoms with Gasteiger partial charge in [-0.15, -0.1) is 0 Å². The van der Waals surface area contributed by atoms with Crippen molar-refractivity contribution in [2.24, 2.45) is 0 Å². The summed E-state index contributed by atoms with van der Waals surface area (Å²) in [5, 5.41) is 4.77. The fourth-order valence-corrected chi connectivity index (χ4v) is 1.74. The van der Waals surface area contributed by atoms with Crippen LogP contribution >= 0.6 is 11.6 Å². The molecular weight excluding hydrogens is 323 g/mol. The van der Waals surface area contributed by atoms with E-state index in [0.717, 1.165) is 0 Å². The number of nitrogens with one attached hydrogen (secondary N) is 2. The molecule has 1 rings (SSSR count). The molecule has 0 atom stereocenters. The Hall–Kier alpha value is -1.96. The van der Waals surface area contributed by atoms with Gasteiger partial charge in [-0.05, 0) is 18.2 Å². The quantitative estimate of drug-likeness (QED) is 0.695. The molecule has 0 saturated heterocycles. The van der Waals surface area contributed by atoms with Gasteiger partial charge < -0.3 is 16.4 Å². The van der Waals surface area contributed by atoms with Gasteiger partial charge in [-0.1, -0.05) is 11.6 Å². The molecule has 0 saturated carbocycles. The highest BCUT2D eigenvalue weighted by molar-refractivity contribution is 6.34. The van der Waals surface area contributed by atoms with E-state index in [0.29, 0.717) is 5.69 Å². The summed E-state index contributed by atoms with van der Waals surface area (Å²) in [6, 6.07) is 4.39. The maximum absolute atomic E-state index is 11.9. The molecule has 9 heteroatoms. The number of alkyl halides is 3.